The molecular weight excluding hydrogens is 342 g/mol. The summed E-state index contributed by atoms with van der Waals surface area (Å²) in [6.07, 6.45) is 6.35. The van der Waals surface area contributed by atoms with Crippen molar-refractivity contribution in [2.75, 3.05) is 13.2 Å². The number of carbonyl (C=O) groups excluding carboxylic acids is 1. The second-order valence-electron chi connectivity index (χ2n) is 7.62. The molecule has 2 atom stereocenters. The van der Waals surface area contributed by atoms with Gasteiger partial charge in [0.1, 0.15) is 0 Å². The van der Waals surface area contributed by atoms with Crippen molar-refractivity contribution in [3.05, 3.63) is 35.9 Å². The summed E-state index contributed by atoms with van der Waals surface area (Å²) >= 11 is 0. The Balaban J connectivity index is 1.76. The molecule has 0 radical (unpaired) electrons. The highest BCUT2D eigenvalue weighted by Gasteiger charge is 2.50. The number of carboxylic acid groups (broad SMARTS) is 1. The van der Waals surface area contributed by atoms with Crippen molar-refractivity contribution in [1.82, 2.24) is 5.32 Å². The summed E-state index contributed by atoms with van der Waals surface area (Å²) in [6, 6.07) is 10.1. The third-order valence-corrected chi connectivity index (χ3v) is 5.64. The summed E-state index contributed by atoms with van der Waals surface area (Å²) < 4.78 is 5.70. The van der Waals surface area contributed by atoms with Gasteiger partial charge in [-0.15, -0.1) is 0 Å². The lowest BCUT2D eigenvalue weighted by Crippen LogP contribution is -2.37. The van der Waals surface area contributed by atoms with Crippen LogP contribution in [0.5, 0.6) is 0 Å². The lowest BCUT2D eigenvalue weighted by molar-refractivity contribution is -0.145. The molecule has 0 aliphatic carbocycles. The van der Waals surface area contributed by atoms with Crippen molar-refractivity contribution in [2.24, 2.45) is 11.3 Å². The van der Waals surface area contributed by atoms with E-state index in [-0.39, 0.29) is 18.2 Å². The Kier molecular flexibility index (Phi) is 8.79. The zero-order valence-electron chi connectivity index (χ0n) is 16.4. The molecule has 2 N–H and O–H groups in total. The molecule has 0 saturated carbocycles. The summed E-state index contributed by atoms with van der Waals surface area (Å²) in [4.78, 5) is 24.0. The van der Waals surface area contributed by atoms with Gasteiger partial charge >= 0.3 is 5.97 Å². The standard InChI is InChI=1S/C22H33NO4/c1-2-3-12-19-16-23-21(26)22(19,15-20(24)25)13-8-5-9-14-27-17-18-10-6-4-7-11-18/h4,6-7,10-11,19H,2-3,5,8-9,12-17H2,1H3,(H,23,26)(H,24,25)/t19-,22+/m0/s1. The Morgan fingerprint density at radius 1 is 1.22 bits per heavy atom. The number of nitrogens with one attached hydrogen (secondary N) is 1. The van der Waals surface area contributed by atoms with Crippen LogP contribution in [0.25, 0.3) is 0 Å². The lowest BCUT2D eigenvalue weighted by Gasteiger charge is -2.31. The second-order valence-corrected chi connectivity index (χ2v) is 7.62. The molecule has 1 aliphatic heterocycles. The molecule has 1 amide bonds. The molecule has 0 bridgehead atoms. The minimum Gasteiger partial charge on any atom is -0.481 e. The predicted octanol–water partition coefficient (Wildman–Crippen LogP) is 4.16. The number of aliphatic carboxylic acids is 1. The van der Waals surface area contributed by atoms with Crippen LogP contribution in [0.4, 0.5) is 0 Å². The summed E-state index contributed by atoms with van der Waals surface area (Å²) in [7, 11) is 0. The zero-order valence-corrected chi connectivity index (χ0v) is 16.4. The maximum atomic E-state index is 12.5. The molecule has 0 unspecified atom stereocenters. The smallest absolute Gasteiger partial charge is 0.304 e. The van der Waals surface area contributed by atoms with Crippen LogP contribution in [0.2, 0.25) is 0 Å². The Morgan fingerprint density at radius 3 is 2.70 bits per heavy atom. The maximum Gasteiger partial charge on any atom is 0.304 e. The highest BCUT2D eigenvalue weighted by atomic mass is 16.5. The van der Waals surface area contributed by atoms with Crippen LogP contribution in [0.15, 0.2) is 30.3 Å². The molecule has 150 valence electrons. The Hall–Kier alpha value is -1.88. The van der Waals surface area contributed by atoms with Gasteiger partial charge in [0.05, 0.1) is 18.4 Å². The normalized spacial score (nSPS) is 22.0. The maximum absolute atomic E-state index is 12.5. The third-order valence-electron chi connectivity index (χ3n) is 5.64. The number of hydrogen-bond donors (Lipinski definition) is 2. The summed E-state index contributed by atoms with van der Waals surface area (Å²) in [5.41, 5.74) is 0.436. The van der Waals surface area contributed by atoms with Gasteiger partial charge in [0.2, 0.25) is 5.91 Å². The number of carboxylic acids is 1. The molecule has 1 fully saturated rings. The highest BCUT2D eigenvalue weighted by molar-refractivity contribution is 5.89. The molecule has 1 aromatic carbocycles. The molecular formula is C22H33NO4. The first-order valence-corrected chi connectivity index (χ1v) is 10.2. The number of unbranched alkanes of at least 4 members (excludes halogenated alkanes) is 3. The molecule has 1 aliphatic rings. The Bertz CT molecular complexity index is 589. The van der Waals surface area contributed by atoms with Crippen molar-refractivity contribution in [1.29, 1.82) is 0 Å². The van der Waals surface area contributed by atoms with E-state index in [4.69, 9.17) is 4.74 Å². The van der Waals surface area contributed by atoms with Gasteiger partial charge in [-0.25, -0.2) is 0 Å². The van der Waals surface area contributed by atoms with E-state index >= 15 is 0 Å². The van der Waals surface area contributed by atoms with Crippen LogP contribution in [-0.4, -0.2) is 30.1 Å². The molecule has 0 aromatic heterocycles. The Morgan fingerprint density at radius 2 is 2.00 bits per heavy atom. The van der Waals surface area contributed by atoms with Crippen molar-refractivity contribution in [3.8, 4) is 0 Å². The lowest BCUT2D eigenvalue weighted by atomic mass is 9.69. The van der Waals surface area contributed by atoms with Crippen LogP contribution in [0.1, 0.15) is 63.9 Å². The number of ether oxygens (including phenoxy) is 1. The number of hydrogen-bond acceptors (Lipinski definition) is 3. The van der Waals surface area contributed by atoms with Crippen molar-refractivity contribution >= 4 is 11.9 Å². The number of carbonyl (C=O) groups is 2. The zero-order chi connectivity index (χ0) is 19.5. The molecule has 1 heterocycles. The van der Waals surface area contributed by atoms with Gasteiger partial charge in [-0.1, -0.05) is 62.9 Å². The summed E-state index contributed by atoms with van der Waals surface area (Å²) in [5.74, 6) is -0.804. The van der Waals surface area contributed by atoms with E-state index in [1.165, 1.54) is 5.56 Å². The average molecular weight is 376 g/mol. The van der Waals surface area contributed by atoms with E-state index < -0.39 is 11.4 Å². The van der Waals surface area contributed by atoms with Gasteiger partial charge in [-0.3, -0.25) is 9.59 Å². The van der Waals surface area contributed by atoms with E-state index in [1.54, 1.807) is 0 Å². The van der Waals surface area contributed by atoms with Gasteiger partial charge in [-0.05, 0) is 30.7 Å². The van der Waals surface area contributed by atoms with Gasteiger partial charge in [-0.2, -0.15) is 0 Å². The van der Waals surface area contributed by atoms with Crippen LogP contribution in [-0.2, 0) is 20.9 Å². The fraction of sp³-hybridized carbons (Fsp3) is 0.636. The summed E-state index contributed by atoms with van der Waals surface area (Å²) in [5, 5.41) is 12.3. The molecule has 5 nitrogen and oxygen atoms in total. The fourth-order valence-electron chi connectivity index (χ4n) is 4.09. The van der Waals surface area contributed by atoms with Crippen molar-refractivity contribution in [3.63, 3.8) is 0 Å². The van der Waals surface area contributed by atoms with E-state index in [9.17, 15) is 14.7 Å². The number of benzene rings is 1. The first-order valence-electron chi connectivity index (χ1n) is 10.2. The molecule has 5 heteroatoms. The van der Waals surface area contributed by atoms with E-state index in [0.29, 0.717) is 26.2 Å². The summed E-state index contributed by atoms with van der Waals surface area (Å²) in [6.45, 7) is 4.04. The van der Waals surface area contributed by atoms with Gasteiger partial charge < -0.3 is 15.2 Å². The van der Waals surface area contributed by atoms with Crippen LogP contribution in [0, 0.1) is 11.3 Å². The van der Waals surface area contributed by atoms with Crippen molar-refractivity contribution < 1.29 is 19.4 Å². The largest absolute Gasteiger partial charge is 0.481 e. The SMILES string of the molecule is CCCC[C@H]1CNC(=O)[C@]1(CCCCCOCc1ccccc1)CC(=O)O. The third kappa shape index (κ3) is 6.35. The van der Waals surface area contributed by atoms with Crippen LogP contribution < -0.4 is 5.32 Å². The fourth-order valence-corrected chi connectivity index (χ4v) is 4.09. The van der Waals surface area contributed by atoms with Gasteiger partial charge in [0.15, 0.2) is 0 Å². The minimum absolute atomic E-state index is 0.0578. The van der Waals surface area contributed by atoms with E-state index in [1.807, 2.05) is 30.3 Å². The van der Waals surface area contributed by atoms with Crippen LogP contribution >= 0.6 is 0 Å². The van der Waals surface area contributed by atoms with Gasteiger partial charge in [0, 0.05) is 13.2 Å². The number of amides is 1. The van der Waals surface area contributed by atoms with E-state index in [2.05, 4.69) is 12.2 Å². The molecule has 2 rings (SSSR count). The van der Waals surface area contributed by atoms with Gasteiger partial charge in [0.25, 0.3) is 0 Å². The first kappa shape index (κ1) is 21.4. The first-order chi connectivity index (χ1) is 13.1. The molecule has 27 heavy (non-hydrogen) atoms. The highest BCUT2D eigenvalue weighted by Crippen LogP contribution is 2.43. The average Bonchev–Trinajstić information content (AvgIpc) is 2.95. The topological polar surface area (TPSA) is 75.6 Å². The van der Waals surface area contributed by atoms with Crippen molar-refractivity contribution in [2.45, 2.75) is 64.9 Å². The van der Waals surface area contributed by atoms with E-state index in [0.717, 1.165) is 38.5 Å². The minimum atomic E-state index is -0.875. The monoisotopic (exact) mass is 375 g/mol. The quantitative estimate of drug-likeness (QED) is 0.508. The molecule has 1 aromatic rings. The molecule has 0 spiro atoms. The second kappa shape index (κ2) is 11.1. The number of rotatable bonds is 13. The predicted molar refractivity (Wildman–Crippen MR) is 105 cm³/mol. The molecule has 1 saturated heterocycles. The Labute approximate surface area is 162 Å². The van der Waals surface area contributed by atoms with Crippen LogP contribution in [0.3, 0.4) is 0 Å².